The van der Waals surface area contributed by atoms with Crippen LogP contribution in [0.4, 0.5) is 0 Å². The highest BCUT2D eigenvalue weighted by atomic mass is 16.5. The van der Waals surface area contributed by atoms with Crippen molar-refractivity contribution in [2.24, 2.45) is 11.7 Å². The van der Waals surface area contributed by atoms with E-state index >= 15 is 0 Å². The first kappa shape index (κ1) is 17.0. The van der Waals surface area contributed by atoms with Gasteiger partial charge in [0.2, 0.25) is 11.7 Å². The molecule has 25 heavy (non-hydrogen) atoms. The molecule has 132 valence electrons. The van der Waals surface area contributed by atoms with Crippen molar-refractivity contribution in [1.82, 2.24) is 4.90 Å². The smallest absolute Gasteiger partial charge is 0.375 e. The summed E-state index contributed by atoms with van der Waals surface area (Å²) in [5.41, 5.74) is 6.57. The number of likely N-dealkylation sites (tertiary alicyclic amines) is 1. The molecule has 7 nitrogen and oxygen atoms in total. The maximum absolute atomic E-state index is 12.2. The summed E-state index contributed by atoms with van der Waals surface area (Å²) in [6.07, 6.45) is 1.08. The SMILES string of the molecule is Cc1c(C(=O)OCC(=O)N2CCC(C(N)=O)CC2)oc2ccccc12. The van der Waals surface area contributed by atoms with Crippen LogP contribution in [0.25, 0.3) is 11.0 Å². The van der Waals surface area contributed by atoms with Crippen LogP contribution in [0, 0.1) is 12.8 Å². The van der Waals surface area contributed by atoms with E-state index in [9.17, 15) is 14.4 Å². The second-order valence-corrected chi connectivity index (χ2v) is 6.19. The number of benzene rings is 1. The lowest BCUT2D eigenvalue weighted by molar-refractivity contribution is -0.137. The Hall–Kier alpha value is -2.83. The fourth-order valence-electron chi connectivity index (χ4n) is 3.07. The highest BCUT2D eigenvalue weighted by Gasteiger charge is 2.27. The molecule has 1 aliphatic rings. The second kappa shape index (κ2) is 6.96. The van der Waals surface area contributed by atoms with Crippen molar-refractivity contribution >= 4 is 28.8 Å². The summed E-state index contributed by atoms with van der Waals surface area (Å²) in [6.45, 7) is 2.30. The van der Waals surface area contributed by atoms with Gasteiger partial charge in [-0.3, -0.25) is 9.59 Å². The van der Waals surface area contributed by atoms with Gasteiger partial charge in [0.1, 0.15) is 5.58 Å². The molecular weight excluding hydrogens is 324 g/mol. The molecule has 0 bridgehead atoms. The van der Waals surface area contributed by atoms with Crippen molar-refractivity contribution in [3.63, 3.8) is 0 Å². The third-order valence-electron chi connectivity index (χ3n) is 4.61. The Bertz CT molecular complexity index is 818. The molecular formula is C18H20N2O5. The van der Waals surface area contributed by atoms with Crippen LogP contribution in [0.1, 0.15) is 29.0 Å². The standard InChI is InChI=1S/C18H20N2O5/c1-11-13-4-2-3-5-14(13)25-16(11)18(23)24-10-15(21)20-8-6-12(7-9-20)17(19)22/h2-5,12H,6-10H2,1H3,(H2,19,22). The number of piperidine rings is 1. The maximum atomic E-state index is 12.2. The van der Waals surface area contributed by atoms with Crippen LogP contribution in [-0.4, -0.2) is 42.4 Å². The predicted octanol–water partition coefficient (Wildman–Crippen LogP) is 1.62. The van der Waals surface area contributed by atoms with Gasteiger partial charge in [-0.05, 0) is 25.8 Å². The fourth-order valence-corrected chi connectivity index (χ4v) is 3.07. The highest BCUT2D eigenvalue weighted by Crippen LogP contribution is 2.25. The van der Waals surface area contributed by atoms with Crippen LogP contribution in [-0.2, 0) is 14.3 Å². The molecule has 0 spiro atoms. The molecule has 0 radical (unpaired) electrons. The zero-order valence-corrected chi connectivity index (χ0v) is 14.0. The number of nitrogens with zero attached hydrogens (tertiary/aromatic N) is 1. The molecule has 0 unspecified atom stereocenters. The van der Waals surface area contributed by atoms with Crippen LogP contribution in [0.5, 0.6) is 0 Å². The quantitative estimate of drug-likeness (QED) is 0.849. The van der Waals surface area contributed by atoms with Gasteiger partial charge in [-0.1, -0.05) is 18.2 Å². The molecule has 0 saturated carbocycles. The van der Waals surface area contributed by atoms with Gasteiger partial charge in [-0.25, -0.2) is 4.79 Å². The van der Waals surface area contributed by atoms with E-state index in [-0.39, 0.29) is 30.1 Å². The number of rotatable bonds is 4. The first-order chi connectivity index (χ1) is 12.0. The van der Waals surface area contributed by atoms with E-state index in [1.165, 1.54) is 0 Å². The van der Waals surface area contributed by atoms with E-state index in [1.807, 2.05) is 18.2 Å². The molecule has 1 saturated heterocycles. The first-order valence-electron chi connectivity index (χ1n) is 8.19. The van der Waals surface area contributed by atoms with Gasteiger partial charge in [0.25, 0.3) is 5.91 Å². The average Bonchev–Trinajstić information content (AvgIpc) is 2.96. The molecule has 1 aromatic heterocycles. The average molecular weight is 344 g/mol. The number of nitrogens with two attached hydrogens (primary N) is 1. The largest absolute Gasteiger partial charge is 0.450 e. The van der Waals surface area contributed by atoms with Gasteiger partial charge in [-0.2, -0.15) is 0 Å². The lowest BCUT2D eigenvalue weighted by Gasteiger charge is -2.30. The molecule has 1 aromatic carbocycles. The summed E-state index contributed by atoms with van der Waals surface area (Å²) in [5, 5.41) is 0.842. The number of hydrogen-bond donors (Lipinski definition) is 1. The number of para-hydroxylation sites is 1. The van der Waals surface area contributed by atoms with Crippen LogP contribution in [0.3, 0.4) is 0 Å². The Balaban J connectivity index is 1.57. The van der Waals surface area contributed by atoms with Crippen molar-refractivity contribution in [3.05, 3.63) is 35.6 Å². The lowest BCUT2D eigenvalue weighted by Crippen LogP contribution is -2.43. The third kappa shape index (κ3) is 3.50. The minimum Gasteiger partial charge on any atom is -0.450 e. The molecule has 2 amide bonds. The van der Waals surface area contributed by atoms with Crippen LogP contribution < -0.4 is 5.73 Å². The number of amides is 2. The highest BCUT2D eigenvalue weighted by molar-refractivity contribution is 5.96. The summed E-state index contributed by atoms with van der Waals surface area (Å²) in [6, 6.07) is 7.31. The number of ether oxygens (including phenoxy) is 1. The summed E-state index contributed by atoms with van der Waals surface area (Å²) >= 11 is 0. The number of aryl methyl sites for hydroxylation is 1. The Morgan fingerprint density at radius 3 is 2.56 bits per heavy atom. The van der Waals surface area contributed by atoms with Gasteiger partial charge in [-0.15, -0.1) is 0 Å². The maximum Gasteiger partial charge on any atom is 0.375 e. The van der Waals surface area contributed by atoms with Gasteiger partial charge in [0.05, 0.1) is 0 Å². The number of esters is 1. The number of carbonyl (C=O) groups is 3. The van der Waals surface area contributed by atoms with E-state index < -0.39 is 5.97 Å². The van der Waals surface area contributed by atoms with E-state index in [0.717, 1.165) is 5.39 Å². The molecule has 2 aromatic rings. The normalized spacial score (nSPS) is 15.3. The molecule has 0 atom stereocenters. The zero-order valence-electron chi connectivity index (χ0n) is 14.0. The van der Waals surface area contributed by atoms with Crippen molar-refractivity contribution in [1.29, 1.82) is 0 Å². The Morgan fingerprint density at radius 1 is 1.24 bits per heavy atom. The van der Waals surface area contributed by atoms with Crippen molar-refractivity contribution in [3.8, 4) is 0 Å². The van der Waals surface area contributed by atoms with E-state index in [1.54, 1.807) is 17.9 Å². The first-order valence-corrected chi connectivity index (χ1v) is 8.19. The number of furan rings is 1. The number of carbonyl (C=O) groups excluding carboxylic acids is 3. The number of hydrogen-bond acceptors (Lipinski definition) is 5. The van der Waals surface area contributed by atoms with Crippen LogP contribution in [0.2, 0.25) is 0 Å². The van der Waals surface area contributed by atoms with Crippen molar-refractivity contribution in [2.45, 2.75) is 19.8 Å². The second-order valence-electron chi connectivity index (χ2n) is 6.19. The molecule has 7 heteroatoms. The Morgan fingerprint density at radius 2 is 1.92 bits per heavy atom. The van der Waals surface area contributed by atoms with Crippen LogP contribution >= 0.6 is 0 Å². The topological polar surface area (TPSA) is 103 Å². The molecule has 1 fully saturated rings. The zero-order chi connectivity index (χ0) is 18.0. The predicted molar refractivity (Wildman–Crippen MR) is 89.7 cm³/mol. The summed E-state index contributed by atoms with van der Waals surface area (Å²) in [7, 11) is 0. The molecule has 1 aliphatic heterocycles. The van der Waals surface area contributed by atoms with Crippen molar-refractivity contribution in [2.75, 3.05) is 19.7 Å². The molecule has 2 heterocycles. The minimum atomic E-state index is -0.658. The van der Waals surface area contributed by atoms with E-state index in [0.29, 0.717) is 37.1 Å². The van der Waals surface area contributed by atoms with Crippen molar-refractivity contribution < 1.29 is 23.5 Å². The van der Waals surface area contributed by atoms with E-state index in [2.05, 4.69) is 0 Å². The number of fused-ring (bicyclic) bond motifs is 1. The van der Waals surface area contributed by atoms with Gasteiger partial charge in [0.15, 0.2) is 6.61 Å². The molecule has 0 aliphatic carbocycles. The third-order valence-corrected chi connectivity index (χ3v) is 4.61. The van der Waals surface area contributed by atoms with E-state index in [4.69, 9.17) is 14.9 Å². The molecule has 2 N–H and O–H groups in total. The number of primary amides is 1. The van der Waals surface area contributed by atoms with Gasteiger partial charge in [0, 0.05) is 30.0 Å². The fraction of sp³-hybridized carbons (Fsp3) is 0.389. The Labute approximate surface area is 144 Å². The van der Waals surface area contributed by atoms with Gasteiger partial charge >= 0.3 is 5.97 Å². The lowest BCUT2D eigenvalue weighted by atomic mass is 9.96. The summed E-state index contributed by atoms with van der Waals surface area (Å²) in [4.78, 5) is 37.1. The summed E-state index contributed by atoms with van der Waals surface area (Å²) < 4.78 is 10.6. The van der Waals surface area contributed by atoms with Crippen LogP contribution in [0.15, 0.2) is 28.7 Å². The van der Waals surface area contributed by atoms with Gasteiger partial charge < -0.3 is 19.8 Å². The summed E-state index contributed by atoms with van der Waals surface area (Å²) in [5.74, 6) is -1.36. The minimum absolute atomic E-state index is 0.112. The Kier molecular flexibility index (Phi) is 4.74. The molecule has 3 rings (SSSR count). The monoisotopic (exact) mass is 344 g/mol.